The van der Waals surface area contributed by atoms with Crippen molar-refractivity contribution >= 4 is 23.7 Å². The van der Waals surface area contributed by atoms with Gasteiger partial charge >= 0.3 is 5.97 Å². The van der Waals surface area contributed by atoms with Gasteiger partial charge < -0.3 is 14.8 Å². The SMILES string of the molecule is CCCSc1nc2n(n1)C(c1cccc(OCC)c1)C(C(=O)OC)=C(C)N2. The number of methoxy groups -OCH3 is 1. The van der Waals surface area contributed by atoms with E-state index < -0.39 is 12.0 Å². The molecule has 1 aliphatic heterocycles. The molecule has 2 aromatic rings. The summed E-state index contributed by atoms with van der Waals surface area (Å²) in [7, 11) is 1.38. The molecule has 8 heteroatoms. The molecule has 0 radical (unpaired) electrons. The van der Waals surface area contributed by atoms with Crippen molar-refractivity contribution in [2.45, 2.75) is 38.4 Å². The summed E-state index contributed by atoms with van der Waals surface area (Å²) in [5.41, 5.74) is 2.11. The number of nitrogens with one attached hydrogen (secondary N) is 1. The van der Waals surface area contributed by atoms with Crippen molar-refractivity contribution in [2.24, 2.45) is 0 Å². The molecule has 0 saturated heterocycles. The lowest BCUT2D eigenvalue weighted by atomic mass is 9.95. The molecule has 2 heterocycles. The number of hydrogen-bond donors (Lipinski definition) is 1. The van der Waals surface area contributed by atoms with Crippen molar-refractivity contribution in [3.05, 3.63) is 41.1 Å². The number of rotatable bonds is 7. The van der Waals surface area contributed by atoms with Gasteiger partial charge in [-0.15, -0.1) is 5.10 Å². The van der Waals surface area contributed by atoms with Crippen LogP contribution in [0.1, 0.15) is 38.8 Å². The molecular weight excluding hydrogens is 364 g/mol. The second-order valence-electron chi connectivity index (χ2n) is 6.07. The standard InChI is InChI=1S/C19H24N4O3S/c1-5-10-27-19-21-18-20-12(3)15(17(24)25-4)16(23(18)22-19)13-8-7-9-14(11-13)26-6-2/h7-9,11,16H,5-6,10H2,1-4H3,(H,20,21,22). The van der Waals surface area contributed by atoms with E-state index in [1.807, 2.05) is 38.1 Å². The zero-order valence-electron chi connectivity index (χ0n) is 16.0. The van der Waals surface area contributed by atoms with Crippen LogP contribution in [-0.4, -0.2) is 40.2 Å². The highest BCUT2D eigenvalue weighted by molar-refractivity contribution is 7.99. The smallest absolute Gasteiger partial charge is 0.338 e. The van der Waals surface area contributed by atoms with Crippen LogP contribution in [0.25, 0.3) is 0 Å². The summed E-state index contributed by atoms with van der Waals surface area (Å²) in [6.07, 6.45) is 1.03. The lowest BCUT2D eigenvalue weighted by molar-refractivity contribution is -0.136. The van der Waals surface area contributed by atoms with E-state index in [0.717, 1.165) is 23.5 Å². The van der Waals surface area contributed by atoms with Gasteiger partial charge in [0, 0.05) is 11.4 Å². The lowest BCUT2D eigenvalue weighted by Gasteiger charge is -2.28. The predicted octanol–water partition coefficient (Wildman–Crippen LogP) is 3.64. The van der Waals surface area contributed by atoms with Crippen LogP contribution in [0.5, 0.6) is 5.75 Å². The number of aromatic nitrogens is 3. The summed E-state index contributed by atoms with van der Waals surface area (Å²) in [5.74, 6) is 1.91. The van der Waals surface area contributed by atoms with Gasteiger partial charge in [-0.2, -0.15) is 4.98 Å². The van der Waals surface area contributed by atoms with E-state index in [-0.39, 0.29) is 0 Å². The van der Waals surface area contributed by atoms with Crippen molar-refractivity contribution in [2.75, 3.05) is 24.8 Å². The monoisotopic (exact) mass is 388 g/mol. The van der Waals surface area contributed by atoms with Gasteiger partial charge in [-0.3, -0.25) is 0 Å². The maximum Gasteiger partial charge on any atom is 0.338 e. The molecule has 0 aliphatic carbocycles. The molecule has 27 heavy (non-hydrogen) atoms. The van der Waals surface area contributed by atoms with Crippen LogP contribution in [0, 0.1) is 0 Å². The summed E-state index contributed by atoms with van der Waals surface area (Å²) in [6.45, 7) is 6.47. The van der Waals surface area contributed by atoms with E-state index in [1.54, 1.807) is 16.4 Å². The third-order valence-electron chi connectivity index (χ3n) is 4.16. The van der Waals surface area contributed by atoms with E-state index >= 15 is 0 Å². The summed E-state index contributed by atoms with van der Waals surface area (Å²) in [5, 5.41) is 8.52. The molecule has 0 bridgehead atoms. The van der Waals surface area contributed by atoms with E-state index in [2.05, 4.69) is 22.3 Å². The quantitative estimate of drug-likeness (QED) is 0.573. The van der Waals surface area contributed by atoms with E-state index in [1.165, 1.54) is 7.11 Å². The highest BCUT2D eigenvalue weighted by Crippen LogP contribution is 2.37. The fraction of sp³-hybridized carbons (Fsp3) is 0.421. The average molecular weight is 388 g/mol. The Kier molecular flexibility index (Phi) is 6.05. The first-order valence-electron chi connectivity index (χ1n) is 8.97. The highest BCUT2D eigenvalue weighted by Gasteiger charge is 2.35. The minimum Gasteiger partial charge on any atom is -0.494 e. The van der Waals surface area contributed by atoms with E-state index in [4.69, 9.17) is 9.47 Å². The number of ether oxygens (including phenoxy) is 2. The Labute approximate surface area is 163 Å². The Morgan fingerprint density at radius 1 is 1.37 bits per heavy atom. The van der Waals surface area contributed by atoms with E-state index in [0.29, 0.717) is 29.0 Å². The molecular formula is C19H24N4O3S. The largest absolute Gasteiger partial charge is 0.494 e. The Bertz CT molecular complexity index is 862. The molecule has 0 amide bonds. The first-order valence-corrected chi connectivity index (χ1v) is 9.95. The Balaban J connectivity index is 2.10. The summed E-state index contributed by atoms with van der Waals surface area (Å²) in [6, 6.07) is 7.26. The third kappa shape index (κ3) is 3.95. The summed E-state index contributed by atoms with van der Waals surface area (Å²) in [4.78, 5) is 17.1. The van der Waals surface area contributed by atoms with Crippen molar-refractivity contribution in [1.29, 1.82) is 0 Å². The number of fused-ring (bicyclic) bond motifs is 1. The van der Waals surface area contributed by atoms with Crippen LogP contribution in [0.3, 0.4) is 0 Å². The number of benzene rings is 1. The van der Waals surface area contributed by atoms with Crippen LogP contribution in [0.4, 0.5) is 5.95 Å². The summed E-state index contributed by atoms with van der Waals surface area (Å²) < 4.78 is 12.4. The minimum atomic E-state index is -0.433. The molecule has 144 valence electrons. The minimum absolute atomic E-state index is 0.393. The number of carbonyl (C=O) groups is 1. The second-order valence-corrected chi connectivity index (χ2v) is 7.14. The Morgan fingerprint density at radius 2 is 2.19 bits per heavy atom. The van der Waals surface area contributed by atoms with Crippen LogP contribution in [0.15, 0.2) is 40.7 Å². The molecule has 1 unspecified atom stereocenters. The van der Waals surface area contributed by atoms with Gasteiger partial charge in [0.2, 0.25) is 11.1 Å². The number of esters is 1. The van der Waals surface area contributed by atoms with Gasteiger partial charge in [-0.25, -0.2) is 9.48 Å². The molecule has 1 N–H and O–H groups in total. The zero-order chi connectivity index (χ0) is 19.4. The van der Waals surface area contributed by atoms with Gasteiger partial charge in [-0.05, 0) is 38.0 Å². The molecule has 0 spiro atoms. The fourth-order valence-electron chi connectivity index (χ4n) is 3.01. The topological polar surface area (TPSA) is 78.3 Å². The van der Waals surface area contributed by atoms with Crippen LogP contribution in [0.2, 0.25) is 0 Å². The molecule has 7 nitrogen and oxygen atoms in total. The van der Waals surface area contributed by atoms with Gasteiger partial charge in [0.05, 0.1) is 19.3 Å². The predicted molar refractivity (Wildman–Crippen MR) is 105 cm³/mol. The molecule has 0 saturated carbocycles. The second kappa shape index (κ2) is 8.47. The summed E-state index contributed by atoms with van der Waals surface area (Å²) >= 11 is 1.60. The number of allylic oxidation sites excluding steroid dienone is 1. The fourth-order valence-corrected chi connectivity index (χ4v) is 3.69. The van der Waals surface area contributed by atoms with Crippen LogP contribution < -0.4 is 10.1 Å². The van der Waals surface area contributed by atoms with Gasteiger partial charge in [-0.1, -0.05) is 30.8 Å². The Hall–Kier alpha value is -2.48. The number of thioether (sulfide) groups is 1. The normalized spacial score (nSPS) is 15.9. The molecule has 3 rings (SSSR count). The molecule has 1 aliphatic rings. The van der Waals surface area contributed by atoms with Crippen molar-refractivity contribution in [3.63, 3.8) is 0 Å². The number of hydrogen-bond acceptors (Lipinski definition) is 7. The first kappa shape index (κ1) is 19.3. The lowest BCUT2D eigenvalue weighted by Crippen LogP contribution is -2.29. The average Bonchev–Trinajstić information content (AvgIpc) is 3.07. The number of anilines is 1. The number of carbonyl (C=O) groups excluding carboxylic acids is 1. The van der Waals surface area contributed by atoms with Crippen LogP contribution >= 0.6 is 11.8 Å². The third-order valence-corrected chi connectivity index (χ3v) is 5.20. The van der Waals surface area contributed by atoms with Crippen molar-refractivity contribution in [1.82, 2.24) is 14.8 Å². The Morgan fingerprint density at radius 3 is 2.89 bits per heavy atom. The van der Waals surface area contributed by atoms with E-state index in [9.17, 15) is 4.79 Å². The maximum absolute atomic E-state index is 12.5. The van der Waals surface area contributed by atoms with Gasteiger partial charge in [0.25, 0.3) is 0 Å². The maximum atomic E-state index is 12.5. The van der Waals surface area contributed by atoms with Gasteiger partial charge in [0.15, 0.2) is 0 Å². The molecule has 1 aromatic heterocycles. The first-order chi connectivity index (χ1) is 13.1. The van der Waals surface area contributed by atoms with Crippen LogP contribution in [-0.2, 0) is 9.53 Å². The molecule has 1 aromatic carbocycles. The molecule has 0 fully saturated rings. The van der Waals surface area contributed by atoms with Crippen molar-refractivity contribution < 1.29 is 14.3 Å². The highest BCUT2D eigenvalue weighted by atomic mass is 32.2. The van der Waals surface area contributed by atoms with Gasteiger partial charge in [0.1, 0.15) is 11.8 Å². The molecule has 1 atom stereocenters. The number of nitrogens with zero attached hydrogens (tertiary/aromatic N) is 3. The van der Waals surface area contributed by atoms with Crippen molar-refractivity contribution in [3.8, 4) is 5.75 Å². The zero-order valence-corrected chi connectivity index (χ0v) is 16.8.